The minimum atomic E-state index is -4.68. The summed E-state index contributed by atoms with van der Waals surface area (Å²) in [5.74, 6) is -0.282. The highest BCUT2D eigenvalue weighted by atomic mass is 19.4. The molecule has 0 spiro atoms. The third kappa shape index (κ3) is 3.62. The molecule has 0 radical (unpaired) electrons. The molecule has 1 aliphatic heterocycles. The molecule has 0 saturated carbocycles. The van der Waals surface area contributed by atoms with Crippen LogP contribution in [0, 0.1) is 0 Å². The Morgan fingerprint density at radius 2 is 1.76 bits per heavy atom. The zero-order valence-electron chi connectivity index (χ0n) is 12.8. The van der Waals surface area contributed by atoms with Crippen LogP contribution in [0.25, 0.3) is 0 Å². The first kappa shape index (κ1) is 16.9. The number of ether oxygens (including phenoxy) is 2. The Kier molecular flexibility index (Phi) is 4.43. The van der Waals surface area contributed by atoms with Crippen molar-refractivity contribution in [1.29, 1.82) is 0 Å². The highest BCUT2D eigenvalue weighted by Crippen LogP contribution is 2.33. The third-order valence-electron chi connectivity index (χ3n) is 3.65. The van der Waals surface area contributed by atoms with E-state index >= 15 is 0 Å². The van der Waals surface area contributed by atoms with E-state index in [2.05, 4.69) is 4.98 Å². The highest BCUT2D eigenvalue weighted by molar-refractivity contribution is 6.02. The number of rotatable bonds is 5. The Hall–Kier alpha value is -2.90. The molecular weight excluding hydrogens is 339 g/mol. The van der Waals surface area contributed by atoms with Gasteiger partial charge in [0.25, 0.3) is 0 Å². The molecular formula is C17H12F3NO4. The SMILES string of the molecule is O=C(CCC(=O)c1ncccc1C(F)(F)F)c1ccc2c(c1)OCO2. The summed E-state index contributed by atoms with van der Waals surface area (Å²) in [6.45, 7) is 0.0609. The molecule has 130 valence electrons. The molecule has 0 bridgehead atoms. The van der Waals surface area contributed by atoms with Crippen molar-refractivity contribution in [2.24, 2.45) is 0 Å². The van der Waals surface area contributed by atoms with Crippen LogP contribution >= 0.6 is 0 Å². The van der Waals surface area contributed by atoms with Crippen molar-refractivity contribution >= 4 is 11.6 Å². The van der Waals surface area contributed by atoms with Crippen LogP contribution in [0.1, 0.15) is 39.3 Å². The molecule has 1 aromatic carbocycles. The van der Waals surface area contributed by atoms with Crippen LogP contribution in [0.4, 0.5) is 13.2 Å². The quantitative estimate of drug-likeness (QED) is 0.769. The van der Waals surface area contributed by atoms with Crippen LogP contribution < -0.4 is 9.47 Å². The van der Waals surface area contributed by atoms with Crippen molar-refractivity contribution < 1.29 is 32.2 Å². The van der Waals surface area contributed by atoms with Crippen LogP contribution in [0.15, 0.2) is 36.5 Å². The van der Waals surface area contributed by atoms with Crippen molar-refractivity contribution in [2.45, 2.75) is 19.0 Å². The predicted molar refractivity (Wildman–Crippen MR) is 79.7 cm³/mol. The molecule has 0 atom stereocenters. The first-order valence-corrected chi connectivity index (χ1v) is 7.34. The zero-order chi connectivity index (χ0) is 18.0. The van der Waals surface area contributed by atoms with Gasteiger partial charge in [-0.2, -0.15) is 13.2 Å². The fraction of sp³-hybridized carbons (Fsp3) is 0.235. The van der Waals surface area contributed by atoms with Gasteiger partial charge in [-0.25, -0.2) is 0 Å². The number of fused-ring (bicyclic) bond motifs is 1. The molecule has 1 aliphatic rings. The van der Waals surface area contributed by atoms with Gasteiger partial charge in [0.05, 0.1) is 5.56 Å². The van der Waals surface area contributed by atoms with E-state index in [0.29, 0.717) is 17.1 Å². The van der Waals surface area contributed by atoms with Crippen LogP contribution in [-0.4, -0.2) is 23.3 Å². The molecule has 25 heavy (non-hydrogen) atoms. The molecule has 0 saturated heterocycles. The van der Waals surface area contributed by atoms with E-state index in [4.69, 9.17) is 9.47 Å². The smallest absolute Gasteiger partial charge is 0.418 e. The number of benzene rings is 1. The molecule has 0 fully saturated rings. The van der Waals surface area contributed by atoms with Crippen LogP contribution in [0.5, 0.6) is 11.5 Å². The lowest BCUT2D eigenvalue weighted by Crippen LogP contribution is -2.15. The zero-order valence-corrected chi connectivity index (χ0v) is 12.8. The van der Waals surface area contributed by atoms with Gasteiger partial charge in [0.15, 0.2) is 23.1 Å². The summed E-state index contributed by atoms with van der Waals surface area (Å²) in [5, 5.41) is 0. The van der Waals surface area contributed by atoms with Crippen LogP contribution in [-0.2, 0) is 6.18 Å². The maximum absolute atomic E-state index is 12.9. The van der Waals surface area contributed by atoms with Gasteiger partial charge in [-0.1, -0.05) is 0 Å². The second-order valence-electron chi connectivity index (χ2n) is 5.31. The summed E-state index contributed by atoms with van der Waals surface area (Å²) in [5.41, 5.74) is -1.47. The fourth-order valence-corrected chi connectivity index (χ4v) is 2.42. The Morgan fingerprint density at radius 1 is 1.04 bits per heavy atom. The second-order valence-corrected chi connectivity index (χ2v) is 5.31. The molecule has 0 aliphatic carbocycles. The topological polar surface area (TPSA) is 65.5 Å². The van der Waals surface area contributed by atoms with Crippen molar-refractivity contribution in [3.8, 4) is 11.5 Å². The summed E-state index contributed by atoms with van der Waals surface area (Å²) in [4.78, 5) is 27.8. The molecule has 2 heterocycles. The first-order chi connectivity index (χ1) is 11.9. The second kappa shape index (κ2) is 6.54. The molecule has 1 aromatic heterocycles. The minimum Gasteiger partial charge on any atom is -0.454 e. The fourth-order valence-electron chi connectivity index (χ4n) is 2.42. The summed E-state index contributed by atoms with van der Waals surface area (Å²) >= 11 is 0. The lowest BCUT2D eigenvalue weighted by atomic mass is 10.0. The molecule has 5 nitrogen and oxygen atoms in total. The number of halogens is 3. The summed E-state index contributed by atoms with van der Waals surface area (Å²) in [6.07, 6.45) is -4.16. The number of alkyl halides is 3. The molecule has 0 unspecified atom stereocenters. The maximum atomic E-state index is 12.9. The van der Waals surface area contributed by atoms with Gasteiger partial charge in [0.2, 0.25) is 6.79 Å². The normalized spacial score (nSPS) is 12.9. The van der Waals surface area contributed by atoms with Crippen molar-refractivity contribution in [2.75, 3.05) is 6.79 Å². The average molecular weight is 351 g/mol. The van der Waals surface area contributed by atoms with Gasteiger partial charge in [-0.05, 0) is 30.3 Å². The summed E-state index contributed by atoms with van der Waals surface area (Å²) in [7, 11) is 0. The first-order valence-electron chi connectivity index (χ1n) is 7.34. The van der Waals surface area contributed by atoms with E-state index in [1.807, 2.05) is 0 Å². The number of ketones is 2. The van der Waals surface area contributed by atoms with Crippen LogP contribution in [0.3, 0.4) is 0 Å². The van der Waals surface area contributed by atoms with Gasteiger partial charge in [-0.15, -0.1) is 0 Å². The largest absolute Gasteiger partial charge is 0.454 e. The third-order valence-corrected chi connectivity index (χ3v) is 3.65. The minimum absolute atomic E-state index is 0.0609. The van der Waals surface area contributed by atoms with Crippen LogP contribution in [0.2, 0.25) is 0 Å². The number of aromatic nitrogens is 1. The van der Waals surface area contributed by atoms with E-state index in [1.165, 1.54) is 12.1 Å². The molecule has 2 aromatic rings. The lowest BCUT2D eigenvalue weighted by molar-refractivity contribution is -0.138. The van der Waals surface area contributed by atoms with Crippen molar-refractivity contribution in [3.63, 3.8) is 0 Å². The van der Waals surface area contributed by atoms with Gasteiger partial charge >= 0.3 is 6.18 Å². The Labute approximate surface area is 140 Å². The monoisotopic (exact) mass is 351 g/mol. The van der Waals surface area contributed by atoms with Gasteiger partial charge < -0.3 is 9.47 Å². The number of hydrogen-bond acceptors (Lipinski definition) is 5. The van der Waals surface area contributed by atoms with Crippen molar-refractivity contribution in [1.82, 2.24) is 4.98 Å². The van der Waals surface area contributed by atoms with Gasteiger partial charge in [0, 0.05) is 24.6 Å². The van der Waals surface area contributed by atoms with E-state index < -0.39 is 23.2 Å². The maximum Gasteiger partial charge on any atom is 0.418 e. The number of hydrogen-bond donors (Lipinski definition) is 0. The summed E-state index contributed by atoms with van der Waals surface area (Å²) in [6, 6.07) is 6.47. The average Bonchev–Trinajstić information content (AvgIpc) is 3.06. The van der Waals surface area contributed by atoms with Gasteiger partial charge in [0.1, 0.15) is 5.69 Å². The molecule has 0 amide bonds. The predicted octanol–water partition coefficient (Wildman–Crippen LogP) is 3.67. The Bertz CT molecular complexity index is 833. The van der Waals surface area contributed by atoms with E-state index in [1.54, 1.807) is 6.07 Å². The number of pyridine rings is 1. The van der Waals surface area contributed by atoms with E-state index in [9.17, 15) is 22.8 Å². The standard InChI is InChI=1S/C17H12F3NO4/c18-17(19,20)11-2-1-7-21-16(11)13(23)5-4-12(22)10-3-6-14-15(8-10)25-9-24-14/h1-3,6-8H,4-5,9H2. The highest BCUT2D eigenvalue weighted by Gasteiger charge is 2.35. The van der Waals surface area contributed by atoms with E-state index in [-0.39, 0.29) is 25.4 Å². The van der Waals surface area contributed by atoms with Gasteiger partial charge in [-0.3, -0.25) is 14.6 Å². The van der Waals surface area contributed by atoms with E-state index in [0.717, 1.165) is 18.3 Å². The molecule has 3 rings (SSSR count). The number of nitrogens with zero attached hydrogens (tertiary/aromatic N) is 1. The van der Waals surface area contributed by atoms with Crippen molar-refractivity contribution in [3.05, 3.63) is 53.3 Å². The molecule has 0 N–H and O–H groups in total. The Morgan fingerprint density at radius 3 is 2.52 bits per heavy atom. The lowest BCUT2D eigenvalue weighted by Gasteiger charge is -2.10. The molecule has 8 heteroatoms. The Balaban J connectivity index is 1.70. The number of carbonyl (C=O) groups is 2. The number of carbonyl (C=O) groups excluding carboxylic acids is 2. The number of Topliss-reactive ketones (excluding diaryl/α,β-unsaturated/α-hetero) is 2. The summed E-state index contributed by atoms with van der Waals surface area (Å²) < 4.78 is 49.0.